The highest BCUT2D eigenvalue weighted by Gasteiger charge is 2.24. The summed E-state index contributed by atoms with van der Waals surface area (Å²) >= 11 is 0. The van der Waals surface area contributed by atoms with Crippen LogP contribution < -0.4 is 10.5 Å². The van der Waals surface area contributed by atoms with Crippen LogP contribution in [-0.2, 0) is 6.42 Å². The zero-order valence-electron chi connectivity index (χ0n) is 14.4. The standard InChI is InChI=1S/C19H21FN4O2/c20-16-4-2-1-3-14(16)11-17-22-18(15(12-21)19(26)23-17)24-8-5-13(6-9-24)7-10-25/h1-4,13,25H,5-11H2,(H,22,23,26). The minimum Gasteiger partial charge on any atom is -0.396 e. The molecule has 1 aromatic carbocycles. The maximum absolute atomic E-state index is 13.9. The number of aromatic nitrogens is 2. The van der Waals surface area contributed by atoms with E-state index in [1.165, 1.54) is 6.07 Å². The van der Waals surface area contributed by atoms with Crippen molar-refractivity contribution in [2.24, 2.45) is 5.92 Å². The van der Waals surface area contributed by atoms with E-state index in [-0.39, 0.29) is 24.4 Å². The Balaban J connectivity index is 1.88. The van der Waals surface area contributed by atoms with Crippen LogP contribution in [-0.4, -0.2) is 34.8 Å². The van der Waals surface area contributed by atoms with E-state index in [1.807, 2.05) is 11.0 Å². The van der Waals surface area contributed by atoms with E-state index in [9.17, 15) is 14.4 Å². The topological polar surface area (TPSA) is 93.0 Å². The number of nitrogens with zero attached hydrogens (tertiary/aromatic N) is 3. The van der Waals surface area contributed by atoms with Crippen LogP contribution in [0.15, 0.2) is 29.1 Å². The van der Waals surface area contributed by atoms with Crippen molar-refractivity contribution in [3.8, 4) is 6.07 Å². The third kappa shape index (κ3) is 3.92. The summed E-state index contributed by atoms with van der Waals surface area (Å²) in [5.41, 5.74) is -0.0721. The van der Waals surface area contributed by atoms with Gasteiger partial charge in [0.25, 0.3) is 5.56 Å². The molecule has 0 amide bonds. The van der Waals surface area contributed by atoms with Crippen molar-refractivity contribution < 1.29 is 9.50 Å². The molecule has 26 heavy (non-hydrogen) atoms. The first-order valence-corrected chi connectivity index (χ1v) is 8.75. The first kappa shape index (κ1) is 18.1. The highest BCUT2D eigenvalue weighted by Crippen LogP contribution is 2.25. The van der Waals surface area contributed by atoms with Gasteiger partial charge in [0.05, 0.1) is 0 Å². The molecule has 0 bridgehead atoms. The Labute approximate surface area is 150 Å². The molecule has 0 atom stereocenters. The van der Waals surface area contributed by atoms with E-state index in [2.05, 4.69) is 9.97 Å². The molecule has 1 saturated heterocycles. The zero-order chi connectivity index (χ0) is 18.5. The monoisotopic (exact) mass is 356 g/mol. The molecule has 0 aliphatic carbocycles. The molecule has 1 aliphatic rings. The van der Waals surface area contributed by atoms with Gasteiger partial charge >= 0.3 is 0 Å². The van der Waals surface area contributed by atoms with E-state index in [0.717, 1.165) is 19.3 Å². The molecule has 6 nitrogen and oxygen atoms in total. The largest absolute Gasteiger partial charge is 0.396 e. The lowest BCUT2D eigenvalue weighted by molar-refractivity contribution is 0.240. The van der Waals surface area contributed by atoms with Gasteiger partial charge in [0.2, 0.25) is 0 Å². The second-order valence-corrected chi connectivity index (χ2v) is 6.53. The predicted molar refractivity (Wildman–Crippen MR) is 95.4 cm³/mol. The molecule has 0 radical (unpaired) electrons. The number of hydrogen-bond donors (Lipinski definition) is 2. The summed E-state index contributed by atoms with van der Waals surface area (Å²) in [6, 6.07) is 8.29. The number of rotatable bonds is 5. The normalized spacial score (nSPS) is 15.0. The lowest BCUT2D eigenvalue weighted by Crippen LogP contribution is -2.36. The van der Waals surface area contributed by atoms with Crippen molar-refractivity contribution in [3.05, 3.63) is 57.4 Å². The Morgan fingerprint density at radius 2 is 2.08 bits per heavy atom. The number of H-pyrrole nitrogens is 1. The molecule has 2 N–H and O–H groups in total. The molecular formula is C19H21FN4O2. The number of benzene rings is 1. The third-order valence-electron chi connectivity index (χ3n) is 4.83. The maximum atomic E-state index is 13.9. The average molecular weight is 356 g/mol. The smallest absolute Gasteiger partial charge is 0.271 e. The predicted octanol–water partition coefficient (Wildman–Crippen LogP) is 1.97. The lowest BCUT2D eigenvalue weighted by atomic mass is 9.94. The van der Waals surface area contributed by atoms with Gasteiger partial charge in [-0.25, -0.2) is 9.37 Å². The summed E-state index contributed by atoms with van der Waals surface area (Å²) in [5, 5.41) is 18.4. The number of aromatic amines is 1. The Morgan fingerprint density at radius 3 is 2.73 bits per heavy atom. The number of nitriles is 1. The molecule has 0 spiro atoms. The maximum Gasteiger partial charge on any atom is 0.271 e. The molecule has 7 heteroatoms. The van der Waals surface area contributed by atoms with Crippen LogP contribution in [0.3, 0.4) is 0 Å². The Morgan fingerprint density at radius 1 is 1.35 bits per heavy atom. The van der Waals surface area contributed by atoms with E-state index >= 15 is 0 Å². The van der Waals surface area contributed by atoms with Crippen molar-refractivity contribution in [1.29, 1.82) is 5.26 Å². The SMILES string of the molecule is N#Cc1c(N2CCC(CCO)CC2)nc(Cc2ccccc2F)[nH]c1=O. The molecule has 1 fully saturated rings. The molecule has 0 saturated carbocycles. The van der Waals surface area contributed by atoms with Crippen molar-refractivity contribution in [2.75, 3.05) is 24.6 Å². The fraction of sp³-hybridized carbons (Fsp3) is 0.421. The van der Waals surface area contributed by atoms with Crippen LogP contribution in [0.25, 0.3) is 0 Å². The van der Waals surface area contributed by atoms with Gasteiger partial charge in [0.1, 0.15) is 17.7 Å². The number of halogens is 1. The summed E-state index contributed by atoms with van der Waals surface area (Å²) in [4.78, 5) is 21.3. The quantitative estimate of drug-likeness (QED) is 0.854. The Hall–Kier alpha value is -2.72. The van der Waals surface area contributed by atoms with E-state index in [0.29, 0.717) is 36.2 Å². The Bertz CT molecular complexity index is 867. The molecule has 3 rings (SSSR count). The minimum absolute atomic E-state index is 0.0112. The summed E-state index contributed by atoms with van der Waals surface area (Å²) < 4.78 is 13.9. The lowest BCUT2D eigenvalue weighted by Gasteiger charge is -2.33. The van der Waals surface area contributed by atoms with E-state index in [1.54, 1.807) is 18.2 Å². The number of nitrogens with one attached hydrogen (secondary N) is 1. The van der Waals surface area contributed by atoms with Crippen LogP contribution in [0.2, 0.25) is 0 Å². The van der Waals surface area contributed by atoms with Crippen LogP contribution in [0.1, 0.15) is 36.2 Å². The number of hydrogen-bond acceptors (Lipinski definition) is 5. The van der Waals surface area contributed by atoms with Gasteiger partial charge in [0.15, 0.2) is 11.4 Å². The first-order valence-electron chi connectivity index (χ1n) is 8.75. The molecule has 136 valence electrons. The molecule has 2 heterocycles. The molecule has 1 aromatic heterocycles. The van der Waals surface area contributed by atoms with Gasteiger partial charge in [-0.15, -0.1) is 0 Å². The number of piperidine rings is 1. The van der Waals surface area contributed by atoms with Crippen molar-refractivity contribution in [3.63, 3.8) is 0 Å². The summed E-state index contributed by atoms with van der Waals surface area (Å²) in [5.74, 6) is 0.796. The van der Waals surface area contributed by atoms with Crippen LogP contribution in [0.5, 0.6) is 0 Å². The summed E-state index contributed by atoms with van der Waals surface area (Å²) in [7, 11) is 0. The first-order chi connectivity index (χ1) is 12.6. The second kappa shape index (κ2) is 8.11. The van der Waals surface area contributed by atoms with Gasteiger partial charge in [-0.3, -0.25) is 4.79 Å². The molecular weight excluding hydrogens is 335 g/mol. The summed E-state index contributed by atoms with van der Waals surface area (Å²) in [6.07, 6.45) is 2.67. The van der Waals surface area contributed by atoms with Crippen molar-refractivity contribution in [1.82, 2.24) is 9.97 Å². The summed E-state index contributed by atoms with van der Waals surface area (Å²) in [6.45, 7) is 1.52. The van der Waals surface area contributed by atoms with Gasteiger partial charge in [0, 0.05) is 26.1 Å². The second-order valence-electron chi connectivity index (χ2n) is 6.53. The van der Waals surface area contributed by atoms with Crippen molar-refractivity contribution >= 4 is 5.82 Å². The van der Waals surface area contributed by atoms with Crippen LogP contribution in [0.4, 0.5) is 10.2 Å². The molecule has 1 aliphatic heterocycles. The number of aliphatic hydroxyl groups is 1. The molecule has 2 aromatic rings. The zero-order valence-corrected chi connectivity index (χ0v) is 14.4. The highest BCUT2D eigenvalue weighted by molar-refractivity contribution is 5.53. The number of anilines is 1. The van der Waals surface area contributed by atoms with Gasteiger partial charge in [-0.2, -0.15) is 5.26 Å². The minimum atomic E-state index is -0.499. The highest BCUT2D eigenvalue weighted by atomic mass is 19.1. The average Bonchev–Trinajstić information content (AvgIpc) is 2.64. The number of aliphatic hydroxyl groups excluding tert-OH is 1. The molecule has 0 unspecified atom stereocenters. The van der Waals surface area contributed by atoms with E-state index in [4.69, 9.17) is 5.11 Å². The van der Waals surface area contributed by atoms with E-state index < -0.39 is 5.56 Å². The van der Waals surface area contributed by atoms with Gasteiger partial charge in [-0.1, -0.05) is 18.2 Å². The third-order valence-corrected chi connectivity index (χ3v) is 4.83. The van der Waals surface area contributed by atoms with Crippen molar-refractivity contribution in [2.45, 2.75) is 25.7 Å². The van der Waals surface area contributed by atoms with Gasteiger partial charge in [-0.05, 0) is 36.8 Å². The van der Waals surface area contributed by atoms with Gasteiger partial charge < -0.3 is 15.0 Å². The van der Waals surface area contributed by atoms with Crippen LogP contribution in [0, 0.1) is 23.1 Å². The fourth-order valence-corrected chi connectivity index (χ4v) is 3.36. The Kier molecular flexibility index (Phi) is 5.64. The fourth-order valence-electron chi connectivity index (χ4n) is 3.36. The van der Waals surface area contributed by atoms with Crippen LogP contribution >= 0.6 is 0 Å².